The zero-order chi connectivity index (χ0) is 17.6. The molecule has 1 saturated heterocycles. The van der Waals surface area contributed by atoms with Crippen LogP contribution in [0.5, 0.6) is 5.75 Å². The normalized spacial score (nSPS) is 15.4. The molecule has 1 atom stereocenters. The Bertz CT molecular complexity index is 767. The molecule has 0 spiro atoms. The van der Waals surface area contributed by atoms with Crippen LogP contribution in [0.25, 0.3) is 0 Å². The van der Waals surface area contributed by atoms with Crippen molar-refractivity contribution < 1.29 is 9.53 Å². The van der Waals surface area contributed by atoms with E-state index in [2.05, 4.69) is 20.9 Å². The van der Waals surface area contributed by atoms with E-state index in [1.807, 2.05) is 0 Å². The van der Waals surface area contributed by atoms with E-state index in [0.717, 1.165) is 5.82 Å². The summed E-state index contributed by atoms with van der Waals surface area (Å²) in [6.07, 6.45) is 4.39. The maximum Gasteiger partial charge on any atom is 0.263 e. The van der Waals surface area contributed by atoms with Gasteiger partial charge >= 0.3 is 0 Å². The summed E-state index contributed by atoms with van der Waals surface area (Å²) >= 11 is 0. The molecule has 7 nitrogen and oxygen atoms in total. The zero-order valence-corrected chi connectivity index (χ0v) is 14.0. The third kappa shape index (κ3) is 3.86. The molecule has 1 fully saturated rings. The van der Waals surface area contributed by atoms with Crippen LogP contribution < -0.4 is 9.64 Å². The lowest BCUT2D eigenvalue weighted by Gasteiger charge is -2.36. The minimum Gasteiger partial charge on any atom is -0.480 e. The first-order chi connectivity index (χ1) is 12.2. The first kappa shape index (κ1) is 16.7. The summed E-state index contributed by atoms with van der Waals surface area (Å²) in [5, 5.41) is 9.11. The summed E-state index contributed by atoms with van der Waals surface area (Å²) < 4.78 is 5.71. The molecule has 2 heterocycles. The van der Waals surface area contributed by atoms with E-state index in [9.17, 15) is 4.79 Å². The van der Waals surface area contributed by atoms with Gasteiger partial charge in [0.2, 0.25) is 0 Å². The Morgan fingerprint density at radius 3 is 2.68 bits per heavy atom. The number of hydrogen-bond donors (Lipinski definition) is 0. The fourth-order valence-corrected chi connectivity index (χ4v) is 2.77. The fraction of sp³-hybridized carbons (Fsp3) is 0.333. The van der Waals surface area contributed by atoms with Gasteiger partial charge < -0.3 is 14.5 Å². The molecule has 0 N–H and O–H groups in total. The van der Waals surface area contributed by atoms with Gasteiger partial charge in [-0.2, -0.15) is 5.26 Å². The summed E-state index contributed by atoms with van der Waals surface area (Å²) in [5.74, 6) is 1.18. The van der Waals surface area contributed by atoms with Crippen LogP contribution in [-0.4, -0.2) is 53.1 Å². The average Bonchev–Trinajstić information content (AvgIpc) is 2.68. The summed E-state index contributed by atoms with van der Waals surface area (Å²) in [6.45, 7) is 4.31. The monoisotopic (exact) mass is 337 g/mol. The minimum atomic E-state index is -0.641. The van der Waals surface area contributed by atoms with E-state index >= 15 is 0 Å². The van der Waals surface area contributed by atoms with Gasteiger partial charge in [0.15, 0.2) is 6.10 Å². The Balaban J connectivity index is 1.58. The highest BCUT2D eigenvalue weighted by Crippen LogP contribution is 2.19. The third-order valence-corrected chi connectivity index (χ3v) is 4.12. The van der Waals surface area contributed by atoms with Gasteiger partial charge in [0.25, 0.3) is 5.91 Å². The van der Waals surface area contributed by atoms with Crippen molar-refractivity contribution in [3.63, 3.8) is 0 Å². The largest absolute Gasteiger partial charge is 0.480 e. The van der Waals surface area contributed by atoms with Gasteiger partial charge in [0.1, 0.15) is 17.6 Å². The molecule has 1 aromatic heterocycles. The number of para-hydroxylation sites is 1. The van der Waals surface area contributed by atoms with Crippen LogP contribution in [0.15, 0.2) is 42.9 Å². The maximum atomic E-state index is 12.6. The van der Waals surface area contributed by atoms with Crippen LogP contribution >= 0.6 is 0 Å². The summed E-state index contributed by atoms with van der Waals surface area (Å²) in [7, 11) is 0. The number of amides is 1. The molecule has 0 saturated carbocycles. The Morgan fingerprint density at radius 2 is 2.00 bits per heavy atom. The first-order valence-corrected chi connectivity index (χ1v) is 8.14. The van der Waals surface area contributed by atoms with Crippen molar-refractivity contribution in [1.82, 2.24) is 14.9 Å². The number of piperazine rings is 1. The number of rotatable bonds is 4. The lowest BCUT2D eigenvalue weighted by Crippen LogP contribution is -2.52. The van der Waals surface area contributed by atoms with Gasteiger partial charge in [-0.3, -0.25) is 9.78 Å². The molecule has 1 aliphatic rings. The van der Waals surface area contributed by atoms with Crippen LogP contribution in [0.1, 0.15) is 12.5 Å². The highest BCUT2D eigenvalue weighted by Gasteiger charge is 2.27. The Labute approximate surface area is 146 Å². The van der Waals surface area contributed by atoms with Crippen molar-refractivity contribution in [2.45, 2.75) is 13.0 Å². The Hall–Kier alpha value is -3.14. The highest BCUT2D eigenvalue weighted by atomic mass is 16.5. The van der Waals surface area contributed by atoms with Crippen LogP contribution in [-0.2, 0) is 4.79 Å². The van der Waals surface area contributed by atoms with E-state index < -0.39 is 6.10 Å². The summed E-state index contributed by atoms with van der Waals surface area (Å²) in [5.41, 5.74) is 0.426. The number of aromatic nitrogens is 2. The number of hydrogen-bond acceptors (Lipinski definition) is 6. The van der Waals surface area contributed by atoms with E-state index in [-0.39, 0.29) is 5.91 Å². The van der Waals surface area contributed by atoms with Crippen molar-refractivity contribution >= 4 is 11.7 Å². The highest BCUT2D eigenvalue weighted by molar-refractivity contribution is 5.81. The smallest absolute Gasteiger partial charge is 0.263 e. The molecule has 0 unspecified atom stereocenters. The predicted octanol–water partition coefficient (Wildman–Crippen LogP) is 1.46. The second-order valence-electron chi connectivity index (χ2n) is 5.74. The SMILES string of the molecule is C[C@H](Oc1ccccc1C#N)C(=O)N1CCN(c2cnccn2)CC1. The number of carbonyl (C=O) groups excluding carboxylic acids is 1. The number of ether oxygens (including phenoxy) is 1. The molecule has 2 aromatic rings. The van der Waals surface area contributed by atoms with Crippen LogP contribution in [0.3, 0.4) is 0 Å². The number of carbonyl (C=O) groups is 1. The van der Waals surface area contributed by atoms with E-state index in [1.54, 1.807) is 54.7 Å². The van der Waals surface area contributed by atoms with Gasteiger partial charge in [-0.25, -0.2) is 4.98 Å². The second-order valence-corrected chi connectivity index (χ2v) is 5.74. The van der Waals surface area contributed by atoms with Crippen LogP contribution in [0.2, 0.25) is 0 Å². The molecule has 7 heteroatoms. The second kappa shape index (κ2) is 7.62. The molecule has 25 heavy (non-hydrogen) atoms. The van der Waals surface area contributed by atoms with Gasteiger partial charge in [-0.05, 0) is 19.1 Å². The lowest BCUT2D eigenvalue weighted by atomic mass is 10.2. The molecule has 0 bridgehead atoms. The molecule has 1 amide bonds. The molecule has 0 aliphatic carbocycles. The molecule has 3 rings (SSSR count). The van der Waals surface area contributed by atoms with Gasteiger partial charge in [-0.1, -0.05) is 12.1 Å². The van der Waals surface area contributed by atoms with E-state index in [1.165, 1.54) is 0 Å². The molecule has 0 radical (unpaired) electrons. The van der Waals surface area contributed by atoms with E-state index in [4.69, 9.17) is 10.00 Å². The standard InChI is InChI=1S/C18H19N5O2/c1-14(25-16-5-3-2-4-15(16)12-19)18(24)23-10-8-22(9-11-23)17-13-20-6-7-21-17/h2-7,13-14H,8-11H2,1H3/t14-/m0/s1. The average molecular weight is 337 g/mol. The van der Waals surface area contributed by atoms with Crippen LogP contribution in [0, 0.1) is 11.3 Å². The first-order valence-electron chi connectivity index (χ1n) is 8.14. The molecule has 1 aliphatic heterocycles. The van der Waals surface area contributed by atoms with Crippen molar-refractivity contribution in [2.24, 2.45) is 0 Å². The van der Waals surface area contributed by atoms with Crippen molar-refractivity contribution in [3.8, 4) is 11.8 Å². The predicted molar refractivity (Wildman–Crippen MR) is 92.1 cm³/mol. The number of nitriles is 1. The quantitative estimate of drug-likeness (QED) is 0.840. The molecule has 1 aromatic carbocycles. The fourth-order valence-electron chi connectivity index (χ4n) is 2.77. The molecular formula is C18H19N5O2. The summed E-state index contributed by atoms with van der Waals surface area (Å²) in [6, 6.07) is 9.00. The Morgan fingerprint density at radius 1 is 1.24 bits per heavy atom. The van der Waals surface area contributed by atoms with Gasteiger partial charge in [0, 0.05) is 38.6 Å². The molecule has 128 valence electrons. The topological polar surface area (TPSA) is 82.4 Å². The Kier molecular flexibility index (Phi) is 5.09. The number of anilines is 1. The third-order valence-electron chi connectivity index (χ3n) is 4.12. The van der Waals surface area contributed by atoms with E-state index in [0.29, 0.717) is 37.5 Å². The van der Waals surface area contributed by atoms with Crippen molar-refractivity contribution in [3.05, 3.63) is 48.4 Å². The van der Waals surface area contributed by atoms with Crippen molar-refractivity contribution in [1.29, 1.82) is 5.26 Å². The number of nitrogens with zero attached hydrogens (tertiary/aromatic N) is 5. The number of benzene rings is 1. The molecular weight excluding hydrogens is 318 g/mol. The lowest BCUT2D eigenvalue weighted by molar-refractivity contribution is -0.138. The van der Waals surface area contributed by atoms with Gasteiger partial charge in [0.05, 0.1) is 11.8 Å². The van der Waals surface area contributed by atoms with Gasteiger partial charge in [-0.15, -0.1) is 0 Å². The van der Waals surface area contributed by atoms with Crippen molar-refractivity contribution in [2.75, 3.05) is 31.1 Å². The minimum absolute atomic E-state index is 0.0773. The van der Waals surface area contributed by atoms with Crippen LogP contribution in [0.4, 0.5) is 5.82 Å². The maximum absolute atomic E-state index is 12.6. The summed E-state index contributed by atoms with van der Waals surface area (Å²) in [4.78, 5) is 24.9. The zero-order valence-electron chi connectivity index (χ0n) is 14.0.